The van der Waals surface area contributed by atoms with Crippen LogP contribution in [0.4, 0.5) is 0 Å². The number of carbonyl (C=O) groups is 1. The minimum Gasteiger partial charge on any atom is -0.384 e. The molecular formula is C26H37N2O2. The summed E-state index contributed by atoms with van der Waals surface area (Å²) in [6.07, 6.45) is 2.72. The van der Waals surface area contributed by atoms with Gasteiger partial charge < -0.3 is 10.0 Å². The van der Waals surface area contributed by atoms with Crippen LogP contribution in [0.25, 0.3) is 0 Å². The molecule has 30 heavy (non-hydrogen) atoms. The molecule has 0 amide bonds. The van der Waals surface area contributed by atoms with Crippen molar-refractivity contribution in [2.45, 2.75) is 51.2 Å². The Labute approximate surface area is 182 Å². The van der Waals surface area contributed by atoms with Crippen molar-refractivity contribution in [3.05, 3.63) is 77.3 Å². The van der Waals surface area contributed by atoms with Gasteiger partial charge in [0.25, 0.3) is 0 Å². The number of nitrogens with zero attached hydrogens (tertiary/aromatic N) is 2. The molecule has 0 spiro atoms. The molecule has 0 saturated carbocycles. The first-order chi connectivity index (χ1) is 14.2. The molecule has 2 aromatic carbocycles. The smallest absolute Gasteiger partial charge is 0.183 e. The summed E-state index contributed by atoms with van der Waals surface area (Å²) in [6, 6.07) is 15.5. The Morgan fingerprint density at radius 1 is 0.967 bits per heavy atom. The molecule has 2 aromatic rings. The summed E-state index contributed by atoms with van der Waals surface area (Å²) >= 11 is 0. The average Bonchev–Trinajstić information content (AvgIpc) is 2.75. The van der Waals surface area contributed by atoms with Gasteiger partial charge in [0, 0.05) is 12.1 Å². The fraction of sp³-hybridized carbons (Fsp3) is 0.462. The Bertz CT molecular complexity index is 797. The van der Waals surface area contributed by atoms with Crippen LogP contribution in [-0.2, 0) is 6.42 Å². The molecule has 0 bridgehead atoms. The highest BCUT2D eigenvalue weighted by Crippen LogP contribution is 2.29. The van der Waals surface area contributed by atoms with E-state index in [2.05, 4.69) is 25.3 Å². The molecule has 1 radical (unpaired) electrons. The van der Waals surface area contributed by atoms with Gasteiger partial charge in [-0.15, -0.1) is 0 Å². The van der Waals surface area contributed by atoms with Gasteiger partial charge in [0.15, 0.2) is 5.78 Å². The predicted octanol–water partition coefficient (Wildman–Crippen LogP) is 4.73. The summed E-state index contributed by atoms with van der Waals surface area (Å²) in [6.45, 7) is 6.31. The van der Waals surface area contributed by atoms with E-state index >= 15 is 0 Å². The molecule has 0 aliphatic heterocycles. The van der Waals surface area contributed by atoms with Gasteiger partial charge in [0.05, 0.1) is 5.54 Å². The largest absolute Gasteiger partial charge is 0.384 e. The molecule has 163 valence electrons. The summed E-state index contributed by atoms with van der Waals surface area (Å²) in [5.74, 6) is 0.152. The highest BCUT2D eigenvalue weighted by atomic mass is 16.3. The zero-order valence-corrected chi connectivity index (χ0v) is 19.4. The third-order valence-corrected chi connectivity index (χ3v) is 6.00. The first-order valence-corrected chi connectivity index (χ1v) is 10.8. The molecule has 1 N–H and O–H groups in total. The highest BCUT2D eigenvalue weighted by molar-refractivity contribution is 6.03. The average molecular weight is 410 g/mol. The number of rotatable bonds is 11. The zero-order valence-electron chi connectivity index (χ0n) is 19.4. The molecular weight excluding hydrogens is 372 g/mol. The third kappa shape index (κ3) is 5.57. The highest BCUT2D eigenvalue weighted by Gasteiger charge is 2.38. The van der Waals surface area contributed by atoms with E-state index in [4.69, 9.17) is 0 Å². The van der Waals surface area contributed by atoms with Crippen LogP contribution in [0.1, 0.15) is 66.3 Å². The van der Waals surface area contributed by atoms with Crippen LogP contribution in [0, 0.1) is 6.54 Å². The number of aliphatic hydroxyl groups is 1. The van der Waals surface area contributed by atoms with Crippen LogP contribution >= 0.6 is 0 Å². The number of Topliss-reactive ketones (excluding diaryl/α,β-unsaturated/α-hetero) is 1. The number of likely N-dealkylation sites (N-methyl/N-ethyl adjacent to an activating group) is 2. The maximum atomic E-state index is 13.3. The summed E-state index contributed by atoms with van der Waals surface area (Å²) in [5.41, 5.74) is 3.07. The van der Waals surface area contributed by atoms with Crippen molar-refractivity contribution in [1.29, 1.82) is 0 Å². The van der Waals surface area contributed by atoms with E-state index in [-0.39, 0.29) is 5.78 Å². The van der Waals surface area contributed by atoms with Crippen LogP contribution < -0.4 is 0 Å². The van der Waals surface area contributed by atoms with E-state index in [1.54, 1.807) is 0 Å². The van der Waals surface area contributed by atoms with Crippen molar-refractivity contribution < 1.29 is 9.90 Å². The molecule has 0 aliphatic carbocycles. The Morgan fingerprint density at radius 3 is 1.93 bits per heavy atom. The molecule has 0 aliphatic rings. The standard InChI is InChI=1S/C26H37N2O2/c1-7-18-26(8-2,28(5)6)25(30)23-15-13-22(14-16-23)24(29)21-11-9-20(10-12-21)17-19-27(3)4/h9-16,19,24,29H,7-8,17-18H2,1-6H3. The molecule has 2 unspecified atom stereocenters. The van der Waals surface area contributed by atoms with Crippen molar-refractivity contribution in [2.75, 3.05) is 28.2 Å². The fourth-order valence-electron chi connectivity index (χ4n) is 4.01. The normalized spacial score (nSPS) is 14.7. The van der Waals surface area contributed by atoms with Crippen molar-refractivity contribution >= 4 is 5.78 Å². The lowest BCUT2D eigenvalue weighted by molar-refractivity contribution is 0.0640. The van der Waals surface area contributed by atoms with E-state index in [0.29, 0.717) is 5.56 Å². The number of hydrogen-bond donors (Lipinski definition) is 1. The van der Waals surface area contributed by atoms with Crippen molar-refractivity contribution in [1.82, 2.24) is 9.80 Å². The van der Waals surface area contributed by atoms with E-state index in [1.807, 2.05) is 81.6 Å². The summed E-state index contributed by atoms with van der Waals surface area (Å²) in [5, 5.41) is 10.8. The van der Waals surface area contributed by atoms with Gasteiger partial charge in [-0.1, -0.05) is 68.8 Å². The van der Waals surface area contributed by atoms with Gasteiger partial charge in [-0.2, -0.15) is 0 Å². The maximum Gasteiger partial charge on any atom is 0.183 e. The van der Waals surface area contributed by atoms with Gasteiger partial charge in [-0.05, 0) is 64.1 Å². The molecule has 2 rings (SSSR count). The van der Waals surface area contributed by atoms with Crippen LogP contribution in [0.2, 0.25) is 0 Å². The molecule has 0 fully saturated rings. The van der Waals surface area contributed by atoms with Gasteiger partial charge >= 0.3 is 0 Å². The molecule has 0 heterocycles. The molecule has 2 atom stereocenters. The third-order valence-electron chi connectivity index (χ3n) is 6.00. The second-order valence-corrected chi connectivity index (χ2v) is 8.48. The number of ketones is 1. The minimum atomic E-state index is -0.707. The van der Waals surface area contributed by atoms with Gasteiger partial charge in [-0.3, -0.25) is 9.69 Å². The lowest BCUT2D eigenvalue weighted by Crippen LogP contribution is -2.50. The quantitative estimate of drug-likeness (QED) is 0.545. The lowest BCUT2D eigenvalue weighted by Gasteiger charge is -2.38. The van der Waals surface area contributed by atoms with Gasteiger partial charge in [-0.25, -0.2) is 0 Å². The maximum absolute atomic E-state index is 13.3. The second-order valence-electron chi connectivity index (χ2n) is 8.48. The molecule has 0 saturated heterocycles. The summed E-state index contributed by atoms with van der Waals surface area (Å²) < 4.78 is 0. The first-order valence-electron chi connectivity index (χ1n) is 10.8. The zero-order chi connectivity index (χ0) is 22.3. The Kier molecular flexibility index (Phi) is 8.78. The van der Waals surface area contributed by atoms with Crippen LogP contribution in [0.3, 0.4) is 0 Å². The Balaban J connectivity index is 2.17. The predicted molar refractivity (Wildman–Crippen MR) is 125 cm³/mol. The summed E-state index contributed by atoms with van der Waals surface area (Å²) in [7, 11) is 7.99. The van der Waals surface area contributed by atoms with E-state index in [1.165, 1.54) is 5.56 Å². The Morgan fingerprint density at radius 2 is 1.50 bits per heavy atom. The number of hydrogen-bond acceptors (Lipinski definition) is 4. The minimum absolute atomic E-state index is 0.152. The van der Waals surface area contributed by atoms with Crippen molar-refractivity contribution in [3.63, 3.8) is 0 Å². The number of aliphatic hydroxyl groups excluding tert-OH is 1. The fourth-order valence-corrected chi connectivity index (χ4v) is 4.01. The van der Waals surface area contributed by atoms with Crippen LogP contribution in [0.15, 0.2) is 48.5 Å². The SMILES string of the molecule is CCCC(CC)(C(=O)c1ccc(C(O)c2ccc(C[CH]N(C)C)cc2)cc1)N(C)C. The van der Waals surface area contributed by atoms with E-state index in [0.717, 1.165) is 36.8 Å². The number of carbonyl (C=O) groups excluding carboxylic acids is 1. The topological polar surface area (TPSA) is 43.8 Å². The van der Waals surface area contributed by atoms with Crippen LogP contribution in [-0.4, -0.2) is 54.4 Å². The molecule has 4 nitrogen and oxygen atoms in total. The molecule has 0 aromatic heterocycles. The van der Waals surface area contributed by atoms with Gasteiger partial charge in [0.2, 0.25) is 0 Å². The monoisotopic (exact) mass is 409 g/mol. The molecule has 4 heteroatoms. The van der Waals surface area contributed by atoms with E-state index < -0.39 is 11.6 Å². The van der Waals surface area contributed by atoms with E-state index in [9.17, 15) is 9.90 Å². The Hall–Kier alpha value is -2.01. The van der Waals surface area contributed by atoms with Crippen LogP contribution in [0.5, 0.6) is 0 Å². The summed E-state index contributed by atoms with van der Waals surface area (Å²) in [4.78, 5) is 17.4. The lowest BCUT2D eigenvalue weighted by atomic mass is 9.81. The number of benzene rings is 2. The van der Waals surface area contributed by atoms with Crippen molar-refractivity contribution in [2.24, 2.45) is 0 Å². The first kappa shape index (κ1) is 24.3. The van der Waals surface area contributed by atoms with Gasteiger partial charge in [0.1, 0.15) is 6.10 Å². The van der Waals surface area contributed by atoms with Crippen molar-refractivity contribution in [3.8, 4) is 0 Å². The second kappa shape index (κ2) is 10.9.